The van der Waals surface area contributed by atoms with Gasteiger partial charge in [0.15, 0.2) is 5.82 Å². The first-order chi connectivity index (χ1) is 23.7. The van der Waals surface area contributed by atoms with Gasteiger partial charge in [-0.1, -0.05) is 18.0 Å². The number of anilines is 2. The molecule has 4 atom stereocenters. The van der Waals surface area contributed by atoms with E-state index in [1.807, 2.05) is 4.90 Å². The number of aromatic nitrogens is 3. The summed E-state index contributed by atoms with van der Waals surface area (Å²) in [5.74, 6) is 0.176. The lowest BCUT2D eigenvalue weighted by Crippen LogP contribution is -2.53. The third-order valence-electron chi connectivity index (χ3n) is 10.8. The van der Waals surface area contributed by atoms with Gasteiger partial charge in [-0.05, 0) is 63.1 Å². The molecule has 1 aliphatic carbocycles. The summed E-state index contributed by atoms with van der Waals surface area (Å²) in [6.45, 7) is 7.02. The monoisotopic (exact) mass is 697 g/mol. The second-order valence-corrected chi connectivity index (χ2v) is 14.3. The van der Waals surface area contributed by atoms with Gasteiger partial charge in [-0.3, -0.25) is 4.90 Å². The Labute approximate surface area is 290 Å². The minimum atomic E-state index is -0.791. The number of aryl methyl sites for hydroxylation is 1. The van der Waals surface area contributed by atoms with Crippen LogP contribution in [-0.4, -0.2) is 110 Å². The van der Waals surface area contributed by atoms with Crippen LogP contribution in [0.5, 0.6) is 11.9 Å². The maximum Gasteiger partial charge on any atom is 0.319 e. The van der Waals surface area contributed by atoms with Crippen molar-refractivity contribution in [2.24, 2.45) is 11.3 Å². The van der Waals surface area contributed by atoms with Gasteiger partial charge in [0.25, 0.3) is 0 Å². The van der Waals surface area contributed by atoms with Gasteiger partial charge in [0.2, 0.25) is 5.88 Å². The SMILES string of the molecule is COc1nc(-c2c(Cl)c(C)cc(N)c2C=N)c(F)c2nc(OCC34CCCC3N(CC3CCOC3)CCC4)nc(N3CCOCC(O)C3)c12. The summed E-state index contributed by atoms with van der Waals surface area (Å²) >= 11 is 6.75. The Morgan fingerprint density at radius 1 is 1.16 bits per heavy atom. The van der Waals surface area contributed by atoms with E-state index in [9.17, 15) is 5.11 Å². The highest BCUT2D eigenvalue weighted by atomic mass is 35.5. The number of hydrogen-bond donors (Lipinski definition) is 3. The normalized spacial score (nSPS) is 26.1. The molecule has 4 unspecified atom stereocenters. The quantitative estimate of drug-likeness (QED) is 0.212. The van der Waals surface area contributed by atoms with Crippen LogP contribution in [0, 0.1) is 29.5 Å². The molecule has 2 aromatic heterocycles. The number of pyridine rings is 1. The standard InChI is InChI=1S/C35H45ClFN7O5/c1-20-13-24(39)23(14-38)26(28(20)36)30-29(37)31-27(33(40-30)46-2)32(44-10-12-48-18-22(45)16-44)42-34(41-31)49-19-35-7-3-5-25(35)43(9-4-8-35)15-21-6-11-47-17-21/h13-14,21-22,25,38,45H,3-12,15-19,39H2,1-2H3. The fraction of sp³-hybridized carbons (Fsp3) is 0.600. The van der Waals surface area contributed by atoms with Crippen LogP contribution in [-0.2, 0) is 9.47 Å². The number of aliphatic hydroxyl groups excluding tert-OH is 1. The molecule has 264 valence electrons. The zero-order valence-electron chi connectivity index (χ0n) is 28.1. The highest BCUT2D eigenvalue weighted by Crippen LogP contribution is 2.49. The van der Waals surface area contributed by atoms with E-state index in [0.717, 1.165) is 71.0 Å². The number of benzene rings is 1. The van der Waals surface area contributed by atoms with E-state index in [-0.39, 0.29) is 68.9 Å². The Morgan fingerprint density at radius 2 is 1.98 bits per heavy atom. The lowest BCUT2D eigenvalue weighted by molar-refractivity contribution is -0.00804. The first kappa shape index (κ1) is 34.1. The van der Waals surface area contributed by atoms with Crippen LogP contribution in [0.15, 0.2) is 6.07 Å². The average Bonchev–Trinajstić information content (AvgIpc) is 3.72. The van der Waals surface area contributed by atoms with E-state index in [4.69, 9.17) is 46.7 Å². The number of β-amino-alcohol motifs (C(OH)–C–C–N with tert-alkyl or cyclic N) is 1. The maximum atomic E-state index is 17.0. The lowest BCUT2D eigenvalue weighted by atomic mass is 9.75. The van der Waals surface area contributed by atoms with E-state index < -0.39 is 11.9 Å². The van der Waals surface area contributed by atoms with Gasteiger partial charge < -0.3 is 40.1 Å². The van der Waals surface area contributed by atoms with Crippen LogP contribution >= 0.6 is 11.6 Å². The first-order valence-corrected chi connectivity index (χ1v) is 17.6. The average molecular weight is 698 g/mol. The Balaban J connectivity index is 1.32. The van der Waals surface area contributed by atoms with Crippen molar-refractivity contribution in [1.82, 2.24) is 19.9 Å². The van der Waals surface area contributed by atoms with Crippen LogP contribution in [0.3, 0.4) is 0 Å². The minimum Gasteiger partial charge on any atom is -0.480 e. The molecular formula is C35H45ClFN7O5. The highest BCUT2D eigenvalue weighted by Gasteiger charge is 2.49. The van der Waals surface area contributed by atoms with E-state index >= 15 is 4.39 Å². The summed E-state index contributed by atoms with van der Waals surface area (Å²) in [5, 5.41) is 19.2. The van der Waals surface area contributed by atoms with Gasteiger partial charge in [-0.25, -0.2) is 9.37 Å². The van der Waals surface area contributed by atoms with Crippen molar-refractivity contribution in [3.63, 3.8) is 0 Å². The van der Waals surface area contributed by atoms with Gasteiger partial charge in [-0.2, -0.15) is 9.97 Å². The predicted octanol–water partition coefficient (Wildman–Crippen LogP) is 4.63. The highest BCUT2D eigenvalue weighted by molar-refractivity contribution is 6.35. The molecule has 7 rings (SSSR count). The van der Waals surface area contributed by atoms with Crippen LogP contribution in [0.4, 0.5) is 15.9 Å². The second-order valence-electron chi connectivity index (χ2n) is 13.9. The predicted molar refractivity (Wildman–Crippen MR) is 186 cm³/mol. The molecule has 0 spiro atoms. The molecule has 4 N–H and O–H groups in total. The third-order valence-corrected chi connectivity index (χ3v) is 11.3. The molecule has 4 fully saturated rings. The number of fused-ring (bicyclic) bond motifs is 2. The largest absolute Gasteiger partial charge is 0.480 e. The molecule has 14 heteroatoms. The fourth-order valence-electron chi connectivity index (χ4n) is 8.41. The van der Waals surface area contributed by atoms with Gasteiger partial charge in [-0.15, -0.1) is 0 Å². The van der Waals surface area contributed by atoms with Gasteiger partial charge in [0, 0.05) is 60.7 Å². The number of rotatable bonds is 9. The summed E-state index contributed by atoms with van der Waals surface area (Å²) in [6, 6.07) is 2.06. The van der Waals surface area contributed by atoms with Crippen molar-refractivity contribution < 1.29 is 28.4 Å². The summed E-state index contributed by atoms with van der Waals surface area (Å²) in [6.07, 6.45) is 6.75. The fourth-order valence-corrected chi connectivity index (χ4v) is 8.66. The van der Waals surface area contributed by atoms with Crippen molar-refractivity contribution in [1.29, 1.82) is 5.41 Å². The van der Waals surface area contributed by atoms with Gasteiger partial charge in [0.1, 0.15) is 22.4 Å². The molecule has 0 bridgehead atoms. The van der Waals surface area contributed by atoms with Gasteiger partial charge in [0.05, 0.1) is 44.7 Å². The smallest absolute Gasteiger partial charge is 0.319 e. The van der Waals surface area contributed by atoms with E-state index in [2.05, 4.69) is 14.9 Å². The number of nitrogen functional groups attached to an aromatic ring is 1. The molecule has 49 heavy (non-hydrogen) atoms. The molecule has 5 heterocycles. The summed E-state index contributed by atoms with van der Waals surface area (Å²) in [7, 11) is 1.44. The van der Waals surface area contributed by atoms with Crippen LogP contribution < -0.4 is 20.1 Å². The number of methoxy groups -OCH3 is 1. The van der Waals surface area contributed by atoms with Crippen molar-refractivity contribution in [2.45, 2.75) is 57.6 Å². The maximum absolute atomic E-state index is 17.0. The van der Waals surface area contributed by atoms with Crippen LogP contribution in [0.1, 0.15) is 49.7 Å². The Bertz CT molecular complexity index is 1730. The number of likely N-dealkylation sites (tertiary alicyclic amines) is 1. The zero-order chi connectivity index (χ0) is 34.3. The molecule has 0 amide bonds. The molecule has 3 aliphatic heterocycles. The zero-order valence-corrected chi connectivity index (χ0v) is 28.9. The molecule has 4 aliphatic rings. The Hall–Kier alpha value is -3.36. The van der Waals surface area contributed by atoms with Crippen LogP contribution in [0.25, 0.3) is 22.2 Å². The topological polar surface area (TPSA) is 152 Å². The Morgan fingerprint density at radius 3 is 2.76 bits per heavy atom. The number of piperidine rings is 1. The van der Waals surface area contributed by atoms with Crippen molar-refractivity contribution >= 4 is 40.2 Å². The van der Waals surface area contributed by atoms with E-state index in [1.54, 1.807) is 13.0 Å². The number of nitrogens with one attached hydrogen (secondary N) is 1. The molecule has 12 nitrogen and oxygen atoms in total. The summed E-state index contributed by atoms with van der Waals surface area (Å²) in [5.41, 5.74) is 7.28. The van der Waals surface area contributed by atoms with E-state index in [1.165, 1.54) is 7.11 Å². The number of aliphatic hydroxyl groups is 1. The second kappa shape index (κ2) is 14.1. The lowest BCUT2D eigenvalue weighted by Gasteiger charge is -2.46. The Kier molecular flexibility index (Phi) is 9.82. The van der Waals surface area contributed by atoms with Crippen molar-refractivity contribution in [2.75, 3.05) is 77.0 Å². The van der Waals surface area contributed by atoms with Crippen molar-refractivity contribution in [3.8, 4) is 23.1 Å². The molecule has 1 aromatic carbocycles. The number of halogens is 2. The van der Waals surface area contributed by atoms with Gasteiger partial charge >= 0.3 is 6.01 Å². The number of nitrogens with two attached hydrogens (primary N) is 1. The minimum absolute atomic E-state index is 0.0312. The summed E-state index contributed by atoms with van der Waals surface area (Å²) < 4.78 is 40.6. The van der Waals surface area contributed by atoms with E-state index in [0.29, 0.717) is 43.1 Å². The number of ether oxygens (including phenoxy) is 4. The molecule has 3 saturated heterocycles. The molecular weight excluding hydrogens is 653 g/mol. The van der Waals surface area contributed by atoms with Crippen LogP contribution in [0.2, 0.25) is 5.02 Å². The molecule has 3 aromatic rings. The molecule has 0 radical (unpaired) electrons. The summed E-state index contributed by atoms with van der Waals surface area (Å²) in [4.78, 5) is 18.6. The first-order valence-electron chi connectivity index (χ1n) is 17.2. The molecule has 1 saturated carbocycles. The van der Waals surface area contributed by atoms with Crippen molar-refractivity contribution in [3.05, 3.63) is 28.0 Å². The number of nitrogens with zero attached hydrogens (tertiary/aromatic N) is 5. The number of hydrogen-bond acceptors (Lipinski definition) is 12. The third kappa shape index (κ3) is 6.40.